The summed E-state index contributed by atoms with van der Waals surface area (Å²) in [5.41, 5.74) is 3.33. The van der Waals surface area contributed by atoms with Gasteiger partial charge in [0.2, 0.25) is 0 Å². The van der Waals surface area contributed by atoms with Gasteiger partial charge in [0.15, 0.2) is 11.7 Å². The SMILES string of the molecule is CCOCc1ccc(CNC(=NC)NCc2cc(C(C)C)no2)cc1.I. The van der Waals surface area contributed by atoms with Gasteiger partial charge >= 0.3 is 0 Å². The largest absolute Gasteiger partial charge is 0.377 e. The van der Waals surface area contributed by atoms with Crippen LogP contribution in [-0.2, 0) is 24.4 Å². The summed E-state index contributed by atoms with van der Waals surface area (Å²) in [4.78, 5) is 4.23. The van der Waals surface area contributed by atoms with Crippen molar-refractivity contribution in [1.82, 2.24) is 15.8 Å². The Bertz CT molecular complexity index is 668. The minimum absolute atomic E-state index is 0. The molecule has 1 heterocycles. The number of halogens is 1. The molecular formula is C19H29IN4O2. The molecule has 0 aliphatic carbocycles. The quantitative estimate of drug-likeness (QED) is 0.347. The monoisotopic (exact) mass is 472 g/mol. The molecule has 0 fully saturated rings. The zero-order valence-electron chi connectivity index (χ0n) is 15.9. The van der Waals surface area contributed by atoms with Crippen LogP contribution in [0.15, 0.2) is 39.8 Å². The third-order valence-corrected chi connectivity index (χ3v) is 3.78. The van der Waals surface area contributed by atoms with E-state index in [2.05, 4.69) is 58.9 Å². The van der Waals surface area contributed by atoms with Gasteiger partial charge in [-0.25, -0.2) is 0 Å². The molecule has 0 unspecified atom stereocenters. The first-order chi connectivity index (χ1) is 12.1. The van der Waals surface area contributed by atoms with Crippen molar-refractivity contribution in [2.45, 2.75) is 46.4 Å². The molecule has 0 atom stereocenters. The summed E-state index contributed by atoms with van der Waals surface area (Å²) in [5.74, 6) is 1.88. The van der Waals surface area contributed by atoms with E-state index in [1.54, 1.807) is 7.05 Å². The number of aromatic nitrogens is 1. The van der Waals surface area contributed by atoms with Gasteiger partial charge in [-0.1, -0.05) is 43.3 Å². The maximum absolute atomic E-state index is 5.41. The summed E-state index contributed by atoms with van der Waals surface area (Å²) in [5, 5.41) is 10.6. The normalized spacial score (nSPS) is 11.3. The van der Waals surface area contributed by atoms with E-state index in [4.69, 9.17) is 9.26 Å². The topological polar surface area (TPSA) is 71.7 Å². The highest BCUT2D eigenvalue weighted by Crippen LogP contribution is 2.13. The van der Waals surface area contributed by atoms with Crippen molar-refractivity contribution in [2.24, 2.45) is 4.99 Å². The lowest BCUT2D eigenvalue weighted by molar-refractivity contribution is 0.134. The van der Waals surface area contributed by atoms with E-state index in [1.165, 1.54) is 11.1 Å². The Labute approximate surface area is 172 Å². The van der Waals surface area contributed by atoms with Crippen molar-refractivity contribution in [3.05, 3.63) is 52.9 Å². The highest BCUT2D eigenvalue weighted by molar-refractivity contribution is 14.0. The number of hydrogen-bond donors (Lipinski definition) is 2. The van der Waals surface area contributed by atoms with E-state index < -0.39 is 0 Å². The molecule has 0 saturated heterocycles. The minimum Gasteiger partial charge on any atom is -0.377 e. The molecule has 6 nitrogen and oxygen atoms in total. The van der Waals surface area contributed by atoms with Crippen LogP contribution in [0, 0.1) is 0 Å². The molecule has 2 aromatic rings. The van der Waals surface area contributed by atoms with E-state index in [9.17, 15) is 0 Å². The van der Waals surface area contributed by atoms with Crippen LogP contribution in [0.4, 0.5) is 0 Å². The molecule has 144 valence electrons. The maximum Gasteiger partial charge on any atom is 0.191 e. The standard InChI is InChI=1S/C19H28N4O2.HI/c1-5-24-13-16-8-6-15(7-9-16)11-21-19(20-4)22-12-17-10-18(14(2)3)23-25-17;/h6-10,14H,5,11-13H2,1-4H3,(H2,20,21,22);1H. The van der Waals surface area contributed by atoms with Crippen molar-refractivity contribution in [3.63, 3.8) is 0 Å². The lowest BCUT2D eigenvalue weighted by atomic mass is 10.1. The Hall–Kier alpha value is -1.61. The molecule has 2 N–H and O–H groups in total. The molecule has 0 spiro atoms. The first-order valence-corrected chi connectivity index (χ1v) is 8.68. The molecule has 0 saturated carbocycles. The number of benzene rings is 1. The second kappa shape index (κ2) is 11.9. The van der Waals surface area contributed by atoms with E-state index in [1.807, 2.05) is 13.0 Å². The molecule has 0 bridgehead atoms. The Morgan fingerprint density at radius 3 is 2.38 bits per heavy atom. The van der Waals surface area contributed by atoms with Crippen molar-refractivity contribution >= 4 is 29.9 Å². The molecule has 26 heavy (non-hydrogen) atoms. The third kappa shape index (κ3) is 7.33. The predicted octanol–water partition coefficient (Wildman–Crippen LogP) is 3.82. The molecule has 7 heteroatoms. The molecule has 2 rings (SSSR count). The van der Waals surface area contributed by atoms with Crippen LogP contribution >= 0.6 is 24.0 Å². The Morgan fingerprint density at radius 2 is 1.81 bits per heavy atom. The van der Waals surface area contributed by atoms with Gasteiger partial charge in [-0.05, 0) is 24.0 Å². The summed E-state index contributed by atoms with van der Waals surface area (Å²) in [6.07, 6.45) is 0. The number of ether oxygens (including phenoxy) is 1. The van der Waals surface area contributed by atoms with Crippen LogP contribution in [0.1, 0.15) is 49.3 Å². The molecule has 0 aliphatic heterocycles. The van der Waals surface area contributed by atoms with Gasteiger partial charge in [-0.2, -0.15) is 0 Å². The zero-order valence-corrected chi connectivity index (χ0v) is 18.2. The van der Waals surface area contributed by atoms with E-state index in [0.29, 0.717) is 25.6 Å². The van der Waals surface area contributed by atoms with Crippen molar-refractivity contribution < 1.29 is 9.26 Å². The van der Waals surface area contributed by atoms with Gasteiger partial charge in [-0.3, -0.25) is 4.99 Å². The Balaban J connectivity index is 0.00000338. The number of aliphatic imine (C=N–C) groups is 1. The summed E-state index contributed by atoms with van der Waals surface area (Å²) < 4.78 is 10.7. The van der Waals surface area contributed by atoms with Crippen LogP contribution < -0.4 is 10.6 Å². The number of rotatable bonds is 8. The maximum atomic E-state index is 5.41. The van der Waals surface area contributed by atoms with Crippen LogP contribution in [0.5, 0.6) is 0 Å². The minimum atomic E-state index is 0. The van der Waals surface area contributed by atoms with Crippen molar-refractivity contribution in [1.29, 1.82) is 0 Å². The molecule has 1 aromatic heterocycles. The van der Waals surface area contributed by atoms with Gasteiger partial charge in [0.05, 0.1) is 18.8 Å². The summed E-state index contributed by atoms with van der Waals surface area (Å²) >= 11 is 0. The van der Waals surface area contributed by atoms with Crippen LogP contribution in [0.3, 0.4) is 0 Å². The fourth-order valence-corrected chi connectivity index (χ4v) is 2.23. The summed E-state index contributed by atoms with van der Waals surface area (Å²) in [6, 6.07) is 10.3. The smallest absolute Gasteiger partial charge is 0.191 e. The molecule has 0 amide bonds. The highest BCUT2D eigenvalue weighted by Gasteiger charge is 2.08. The number of nitrogens with zero attached hydrogens (tertiary/aromatic N) is 2. The van der Waals surface area contributed by atoms with E-state index in [0.717, 1.165) is 24.0 Å². The van der Waals surface area contributed by atoms with Crippen molar-refractivity contribution in [2.75, 3.05) is 13.7 Å². The van der Waals surface area contributed by atoms with E-state index in [-0.39, 0.29) is 24.0 Å². The van der Waals surface area contributed by atoms with Crippen molar-refractivity contribution in [3.8, 4) is 0 Å². The van der Waals surface area contributed by atoms with Gasteiger partial charge in [0.25, 0.3) is 0 Å². The number of nitrogens with one attached hydrogen (secondary N) is 2. The van der Waals surface area contributed by atoms with Gasteiger partial charge in [0.1, 0.15) is 0 Å². The molecule has 0 aliphatic rings. The van der Waals surface area contributed by atoms with E-state index >= 15 is 0 Å². The number of hydrogen-bond acceptors (Lipinski definition) is 4. The number of guanidine groups is 1. The molecule has 0 radical (unpaired) electrons. The first kappa shape index (κ1) is 22.4. The third-order valence-electron chi connectivity index (χ3n) is 3.78. The van der Waals surface area contributed by atoms with Gasteiger partial charge in [-0.15, -0.1) is 24.0 Å². The fourth-order valence-electron chi connectivity index (χ4n) is 2.23. The molecule has 1 aromatic carbocycles. The highest BCUT2D eigenvalue weighted by atomic mass is 127. The zero-order chi connectivity index (χ0) is 18.1. The second-order valence-corrected chi connectivity index (χ2v) is 6.11. The summed E-state index contributed by atoms with van der Waals surface area (Å²) in [7, 11) is 1.75. The van der Waals surface area contributed by atoms with Crippen LogP contribution in [-0.4, -0.2) is 24.8 Å². The fraction of sp³-hybridized carbons (Fsp3) is 0.474. The Kier molecular flexibility index (Phi) is 10.3. The van der Waals surface area contributed by atoms with Crippen LogP contribution in [0.2, 0.25) is 0 Å². The lowest BCUT2D eigenvalue weighted by Gasteiger charge is -2.11. The second-order valence-electron chi connectivity index (χ2n) is 6.11. The molecular weight excluding hydrogens is 443 g/mol. The lowest BCUT2D eigenvalue weighted by Crippen LogP contribution is -2.36. The summed E-state index contributed by atoms with van der Waals surface area (Å²) in [6.45, 7) is 8.82. The predicted molar refractivity (Wildman–Crippen MR) is 115 cm³/mol. The first-order valence-electron chi connectivity index (χ1n) is 8.68. The van der Waals surface area contributed by atoms with Crippen LogP contribution in [0.25, 0.3) is 0 Å². The van der Waals surface area contributed by atoms with Gasteiger partial charge in [0, 0.05) is 26.3 Å². The van der Waals surface area contributed by atoms with Gasteiger partial charge < -0.3 is 19.9 Å². The average Bonchev–Trinajstić information content (AvgIpc) is 3.10. The Morgan fingerprint density at radius 1 is 1.15 bits per heavy atom. The average molecular weight is 472 g/mol.